The molecule has 0 aliphatic heterocycles. The van der Waals surface area contributed by atoms with Crippen LogP contribution in [-0.2, 0) is 0 Å². The average molecular weight is 205 g/mol. The van der Waals surface area contributed by atoms with Gasteiger partial charge in [-0.15, -0.1) is 0 Å². The summed E-state index contributed by atoms with van der Waals surface area (Å²) in [5.41, 5.74) is 1.27. The number of hydrogen-bond acceptors (Lipinski definition) is 3. The highest BCUT2D eigenvalue weighted by Gasteiger charge is 2.09. The summed E-state index contributed by atoms with van der Waals surface area (Å²) < 4.78 is 0. The zero-order chi connectivity index (χ0) is 11.1. The second-order valence-electron chi connectivity index (χ2n) is 3.78. The number of rotatable bonds is 5. The number of aromatic nitrogens is 2. The minimum absolute atomic E-state index is 0.135. The minimum Gasteiger partial charge on any atom is -0.304 e. The van der Waals surface area contributed by atoms with Gasteiger partial charge in [0.15, 0.2) is 0 Å². The SMILES string of the molecule is CCCNC(C=C(C)C)c1ncccn1. The first-order chi connectivity index (χ1) is 7.24. The number of hydrogen-bond donors (Lipinski definition) is 1. The molecule has 0 radical (unpaired) electrons. The molecule has 0 spiro atoms. The van der Waals surface area contributed by atoms with Crippen molar-refractivity contribution in [1.29, 1.82) is 0 Å². The maximum Gasteiger partial charge on any atom is 0.149 e. The van der Waals surface area contributed by atoms with Crippen molar-refractivity contribution in [3.63, 3.8) is 0 Å². The van der Waals surface area contributed by atoms with Crippen molar-refractivity contribution >= 4 is 0 Å². The first-order valence-corrected chi connectivity index (χ1v) is 5.39. The molecule has 1 heterocycles. The molecule has 15 heavy (non-hydrogen) atoms. The Bertz CT molecular complexity index is 302. The van der Waals surface area contributed by atoms with E-state index >= 15 is 0 Å². The molecule has 1 unspecified atom stereocenters. The molecule has 1 N–H and O–H groups in total. The summed E-state index contributed by atoms with van der Waals surface area (Å²) in [5.74, 6) is 0.840. The van der Waals surface area contributed by atoms with Crippen molar-refractivity contribution in [2.45, 2.75) is 33.2 Å². The molecule has 0 aliphatic rings. The van der Waals surface area contributed by atoms with E-state index in [2.05, 4.69) is 42.1 Å². The molecule has 0 aromatic carbocycles. The van der Waals surface area contributed by atoms with Gasteiger partial charge in [-0.1, -0.05) is 18.6 Å². The Labute approximate surface area is 91.7 Å². The molecule has 3 nitrogen and oxygen atoms in total. The molecule has 1 atom stereocenters. The highest BCUT2D eigenvalue weighted by molar-refractivity contribution is 5.09. The molecule has 0 saturated carbocycles. The molecule has 1 aromatic rings. The second-order valence-corrected chi connectivity index (χ2v) is 3.78. The Morgan fingerprint density at radius 3 is 2.60 bits per heavy atom. The summed E-state index contributed by atoms with van der Waals surface area (Å²) in [5, 5.41) is 3.42. The third kappa shape index (κ3) is 4.21. The lowest BCUT2D eigenvalue weighted by Crippen LogP contribution is -2.22. The number of nitrogens with one attached hydrogen (secondary N) is 1. The van der Waals surface area contributed by atoms with Gasteiger partial charge in [-0.2, -0.15) is 0 Å². The molecule has 0 aliphatic carbocycles. The second kappa shape index (κ2) is 6.30. The third-order valence-electron chi connectivity index (χ3n) is 1.98. The van der Waals surface area contributed by atoms with E-state index in [-0.39, 0.29) is 6.04 Å². The van der Waals surface area contributed by atoms with E-state index < -0.39 is 0 Å². The minimum atomic E-state index is 0.135. The van der Waals surface area contributed by atoms with Crippen molar-refractivity contribution in [3.8, 4) is 0 Å². The fourth-order valence-electron chi connectivity index (χ4n) is 1.33. The molecular weight excluding hydrogens is 186 g/mol. The van der Waals surface area contributed by atoms with Crippen molar-refractivity contribution in [1.82, 2.24) is 15.3 Å². The normalized spacial score (nSPS) is 12.2. The van der Waals surface area contributed by atoms with Crippen LogP contribution < -0.4 is 5.32 Å². The van der Waals surface area contributed by atoms with E-state index in [9.17, 15) is 0 Å². The van der Waals surface area contributed by atoms with Crippen LogP contribution in [0.4, 0.5) is 0 Å². The predicted octanol–water partition coefficient (Wildman–Crippen LogP) is 2.48. The van der Waals surface area contributed by atoms with Gasteiger partial charge in [-0.25, -0.2) is 9.97 Å². The summed E-state index contributed by atoms with van der Waals surface area (Å²) in [4.78, 5) is 8.53. The topological polar surface area (TPSA) is 37.8 Å². The zero-order valence-corrected chi connectivity index (χ0v) is 9.70. The third-order valence-corrected chi connectivity index (χ3v) is 1.98. The van der Waals surface area contributed by atoms with Crippen LogP contribution in [-0.4, -0.2) is 16.5 Å². The maximum atomic E-state index is 4.27. The van der Waals surface area contributed by atoms with Crippen LogP contribution in [0.2, 0.25) is 0 Å². The Kier molecular flexibility index (Phi) is 4.98. The average Bonchev–Trinajstić information content (AvgIpc) is 2.25. The van der Waals surface area contributed by atoms with Crippen molar-refractivity contribution in [2.75, 3.05) is 6.54 Å². The van der Waals surface area contributed by atoms with Crippen LogP contribution in [0.1, 0.15) is 39.1 Å². The van der Waals surface area contributed by atoms with Crippen molar-refractivity contribution < 1.29 is 0 Å². The molecule has 3 heteroatoms. The van der Waals surface area contributed by atoms with Crippen LogP contribution in [0.5, 0.6) is 0 Å². The summed E-state index contributed by atoms with van der Waals surface area (Å²) in [6.45, 7) is 7.30. The molecule has 82 valence electrons. The van der Waals surface area contributed by atoms with Crippen LogP contribution in [0.3, 0.4) is 0 Å². The van der Waals surface area contributed by atoms with Gasteiger partial charge >= 0.3 is 0 Å². The van der Waals surface area contributed by atoms with Crippen LogP contribution in [0.15, 0.2) is 30.1 Å². The summed E-state index contributed by atoms with van der Waals surface area (Å²) in [7, 11) is 0. The smallest absolute Gasteiger partial charge is 0.149 e. The summed E-state index contributed by atoms with van der Waals surface area (Å²) in [6.07, 6.45) is 6.83. The van der Waals surface area contributed by atoms with Gasteiger partial charge in [-0.05, 0) is 32.9 Å². The van der Waals surface area contributed by atoms with Crippen LogP contribution >= 0.6 is 0 Å². The largest absolute Gasteiger partial charge is 0.304 e. The Morgan fingerprint density at radius 1 is 1.40 bits per heavy atom. The van der Waals surface area contributed by atoms with Gasteiger partial charge in [0.1, 0.15) is 5.82 Å². The van der Waals surface area contributed by atoms with E-state index in [0.29, 0.717) is 0 Å². The van der Waals surface area contributed by atoms with Gasteiger partial charge < -0.3 is 5.32 Å². The van der Waals surface area contributed by atoms with E-state index in [1.807, 2.05) is 6.07 Å². The van der Waals surface area contributed by atoms with Gasteiger partial charge in [0.2, 0.25) is 0 Å². The van der Waals surface area contributed by atoms with E-state index in [4.69, 9.17) is 0 Å². The highest BCUT2D eigenvalue weighted by atomic mass is 15.0. The highest BCUT2D eigenvalue weighted by Crippen LogP contribution is 2.10. The Hall–Kier alpha value is -1.22. The summed E-state index contributed by atoms with van der Waals surface area (Å²) >= 11 is 0. The number of nitrogens with zero attached hydrogens (tertiary/aromatic N) is 2. The van der Waals surface area contributed by atoms with E-state index in [1.54, 1.807) is 12.4 Å². The lowest BCUT2D eigenvalue weighted by Gasteiger charge is -2.13. The summed E-state index contributed by atoms with van der Waals surface area (Å²) in [6, 6.07) is 1.97. The van der Waals surface area contributed by atoms with Crippen LogP contribution in [0, 0.1) is 0 Å². The molecular formula is C12H19N3. The van der Waals surface area contributed by atoms with Crippen molar-refractivity contribution in [2.24, 2.45) is 0 Å². The Morgan fingerprint density at radius 2 is 2.07 bits per heavy atom. The molecule has 0 saturated heterocycles. The number of allylic oxidation sites excluding steroid dienone is 1. The van der Waals surface area contributed by atoms with Gasteiger partial charge in [0, 0.05) is 12.4 Å². The first kappa shape index (κ1) is 11.9. The monoisotopic (exact) mass is 205 g/mol. The molecule has 0 fully saturated rings. The predicted molar refractivity (Wildman–Crippen MR) is 62.5 cm³/mol. The fraction of sp³-hybridized carbons (Fsp3) is 0.500. The lowest BCUT2D eigenvalue weighted by atomic mass is 10.2. The quantitative estimate of drug-likeness (QED) is 0.750. The first-order valence-electron chi connectivity index (χ1n) is 5.39. The molecule has 0 bridgehead atoms. The van der Waals surface area contributed by atoms with Gasteiger partial charge in [0.25, 0.3) is 0 Å². The van der Waals surface area contributed by atoms with E-state index in [0.717, 1.165) is 18.8 Å². The maximum absolute atomic E-state index is 4.27. The molecule has 0 amide bonds. The lowest BCUT2D eigenvalue weighted by molar-refractivity contribution is 0.583. The molecule has 1 rings (SSSR count). The zero-order valence-electron chi connectivity index (χ0n) is 9.70. The van der Waals surface area contributed by atoms with E-state index in [1.165, 1.54) is 5.57 Å². The molecule has 1 aromatic heterocycles. The van der Waals surface area contributed by atoms with Gasteiger partial charge in [0.05, 0.1) is 6.04 Å². The van der Waals surface area contributed by atoms with Crippen LogP contribution in [0.25, 0.3) is 0 Å². The standard InChI is InChI=1S/C12H19N3/c1-4-6-13-11(9-10(2)3)12-14-7-5-8-15-12/h5,7-9,11,13H,4,6H2,1-3H3. The Balaban J connectivity index is 2.77. The van der Waals surface area contributed by atoms with Crippen molar-refractivity contribution in [3.05, 3.63) is 35.9 Å². The van der Waals surface area contributed by atoms with Gasteiger partial charge in [-0.3, -0.25) is 0 Å². The fourth-order valence-corrected chi connectivity index (χ4v) is 1.33.